The summed E-state index contributed by atoms with van der Waals surface area (Å²) in [5.74, 6) is 0.903. The summed E-state index contributed by atoms with van der Waals surface area (Å²) >= 11 is 0. The Morgan fingerprint density at radius 2 is 1.85 bits per heavy atom. The van der Waals surface area contributed by atoms with Gasteiger partial charge < -0.3 is 10.1 Å². The van der Waals surface area contributed by atoms with Crippen LogP contribution in [0.25, 0.3) is 0 Å². The van der Waals surface area contributed by atoms with Gasteiger partial charge in [0, 0.05) is 7.05 Å². The molecule has 108 valence electrons. The van der Waals surface area contributed by atoms with E-state index in [1.807, 2.05) is 51.7 Å². The smallest absolute Gasteiger partial charge is 0.119 e. The van der Waals surface area contributed by atoms with Gasteiger partial charge >= 0.3 is 0 Å². The maximum absolute atomic E-state index is 5.68. The normalized spacial score (nSPS) is 12.7. The van der Waals surface area contributed by atoms with Crippen LogP contribution in [0.5, 0.6) is 5.75 Å². The minimum atomic E-state index is 0.134. The van der Waals surface area contributed by atoms with Crippen molar-refractivity contribution in [3.05, 3.63) is 47.3 Å². The summed E-state index contributed by atoms with van der Waals surface area (Å²) in [6.07, 6.45) is 0.195. The lowest BCUT2D eigenvalue weighted by molar-refractivity contribution is 0.242. The van der Waals surface area contributed by atoms with Crippen molar-refractivity contribution in [2.75, 3.05) is 7.05 Å². The van der Waals surface area contributed by atoms with Crippen LogP contribution in [0.4, 0.5) is 0 Å². The first-order valence-electron chi connectivity index (χ1n) is 6.95. The Balaban J connectivity index is 2.26. The number of benzene rings is 1. The molecule has 1 N–H and O–H groups in total. The van der Waals surface area contributed by atoms with Crippen LogP contribution in [-0.4, -0.2) is 22.9 Å². The molecule has 0 saturated heterocycles. The van der Waals surface area contributed by atoms with Crippen molar-refractivity contribution in [3.8, 4) is 5.75 Å². The van der Waals surface area contributed by atoms with Crippen LogP contribution in [0.3, 0.4) is 0 Å². The Labute approximate surface area is 120 Å². The van der Waals surface area contributed by atoms with E-state index >= 15 is 0 Å². The molecule has 4 heteroatoms. The zero-order chi connectivity index (χ0) is 14.7. The van der Waals surface area contributed by atoms with Gasteiger partial charge in [0.15, 0.2) is 0 Å². The van der Waals surface area contributed by atoms with Crippen molar-refractivity contribution < 1.29 is 4.74 Å². The second kappa shape index (κ2) is 6.09. The summed E-state index contributed by atoms with van der Waals surface area (Å²) in [5.41, 5.74) is 3.39. The molecule has 1 heterocycles. The van der Waals surface area contributed by atoms with Crippen LogP contribution in [0.2, 0.25) is 0 Å². The zero-order valence-corrected chi connectivity index (χ0v) is 12.8. The van der Waals surface area contributed by atoms with E-state index in [-0.39, 0.29) is 12.1 Å². The first kappa shape index (κ1) is 14.6. The number of aryl methyl sites for hydroxylation is 2. The minimum Gasteiger partial charge on any atom is -0.491 e. The molecule has 20 heavy (non-hydrogen) atoms. The molecule has 0 bridgehead atoms. The molecular formula is C16H23N3O. The maximum Gasteiger partial charge on any atom is 0.119 e. The lowest BCUT2D eigenvalue weighted by Gasteiger charge is -2.18. The lowest BCUT2D eigenvalue weighted by Crippen LogP contribution is -2.20. The summed E-state index contributed by atoms with van der Waals surface area (Å²) in [7, 11) is 3.94. The molecule has 0 aliphatic heterocycles. The second-order valence-electron chi connectivity index (χ2n) is 5.29. The predicted octanol–water partition coefficient (Wildman–Crippen LogP) is 2.82. The average Bonchev–Trinajstić information content (AvgIpc) is 2.71. The molecule has 2 rings (SSSR count). The van der Waals surface area contributed by atoms with Crippen LogP contribution >= 0.6 is 0 Å². The molecule has 0 aliphatic rings. The number of rotatable bonds is 5. The number of aromatic nitrogens is 2. The van der Waals surface area contributed by atoms with Gasteiger partial charge in [-0.25, -0.2) is 0 Å². The highest BCUT2D eigenvalue weighted by Gasteiger charge is 2.16. The maximum atomic E-state index is 5.68. The molecule has 1 aromatic carbocycles. The Kier molecular flexibility index (Phi) is 4.45. The third-order valence-electron chi connectivity index (χ3n) is 3.21. The molecule has 0 radical (unpaired) electrons. The summed E-state index contributed by atoms with van der Waals surface area (Å²) in [4.78, 5) is 0. The summed E-state index contributed by atoms with van der Waals surface area (Å²) in [6.45, 7) is 6.07. The second-order valence-corrected chi connectivity index (χ2v) is 5.29. The summed E-state index contributed by atoms with van der Waals surface area (Å²) in [5, 5.41) is 7.76. The Bertz CT molecular complexity index is 558. The van der Waals surface area contributed by atoms with Crippen LogP contribution in [0.15, 0.2) is 30.3 Å². The van der Waals surface area contributed by atoms with Crippen molar-refractivity contribution in [2.24, 2.45) is 7.05 Å². The van der Waals surface area contributed by atoms with E-state index in [9.17, 15) is 0 Å². The number of hydrogen-bond donors (Lipinski definition) is 1. The SMILES string of the molecule is CNC(c1ccc(OC(C)C)cc1)c1cc(C)nn1C. The first-order chi connectivity index (χ1) is 9.51. The monoisotopic (exact) mass is 273 g/mol. The van der Waals surface area contributed by atoms with E-state index in [2.05, 4.69) is 28.6 Å². The van der Waals surface area contributed by atoms with Gasteiger partial charge in [0.25, 0.3) is 0 Å². The summed E-state index contributed by atoms with van der Waals surface area (Å²) in [6, 6.07) is 10.5. The topological polar surface area (TPSA) is 39.1 Å². The fourth-order valence-electron chi connectivity index (χ4n) is 2.40. The van der Waals surface area contributed by atoms with Crippen molar-refractivity contribution in [3.63, 3.8) is 0 Å². The molecule has 0 saturated carbocycles. The van der Waals surface area contributed by atoms with E-state index < -0.39 is 0 Å². The van der Waals surface area contributed by atoms with E-state index in [0.717, 1.165) is 17.1 Å². The molecule has 4 nitrogen and oxygen atoms in total. The Morgan fingerprint density at radius 1 is 1.20 bits per heavy atom. The molecule has 2 aromatic rings. The number of nitrogens with one attached hydrogen (secondary N) is 1. The van der Waals surface area contributed by atoms with Crippen molar-refractivity contribution in [1.82, 2.24) is 15.1 Å². The molecule has 1 aromatic heterocycles. The molecule has 0 amide bonds. The fourth-order valence-corrected chi connectivity index (χ4v) is 2.40. The highest BCUT2D eigenvalue weighted by molar-refractivity contribution is 5.34. The average molecular weight is 273 g/mol. The number of ether oxygens (including phenoxy) is 1. The predicted molar refractivity (Wildman–Crippen MR) is 81.1 cm³/mol. The molecular weight excluding hydrogens is 250 g/mol. The Morgan fingerprint density at radius 3 is 2.30 bits per heavy atom. The summed E-state index contributed by atoms with van der Waals surface area (Å²) < 4.78 is 7.60. The van der Waals surface area contributed by atoms with Crippen LogP contribution in [-0.2, 0) is 7.05 Å². The van der Waals surface area contributed by atoms with Crippen LogP contribution < -0.4 is 10.1 Å². The van der Waals surface area contributed by atoms with E-state index in [1.165, 1.54) is 5.56 Å². The van der Waals surface area contributed by atoms with Crippen molar-refractivity contribution >= 4 is 0 Å². The zero-order valence-electron chi connectivity index (χ0n) is 12.8. The fraction of sp³-hybridized carbons (Fsp3) is 0.438. The standard InChI is InChI=1S/C16H23N3O/c1-11(2)20-14-8-6-13(7-9-14)16(17-4)15-10-12(3)18-19(15)5/h6-11,16-17H,1-5H3. The van der Waals surface area contributed by atoms with Gasteiger partial charge in [0.1, 0.15) is 5.75 Å². The molecule has 1 atom stereocenters. The van der Waals surface area contributed by atoms with Gasteiger partial charge in [-0.2, -0.15) is 5.10 Å². The van der Waals surface area contributed by atoms with Crippen molar-refractivity contribution in [2.45, 2.75) is 32.9 Å². The van der Waals surface area contributed by atoms with Crippen molar-refractivity contribution in [1.29, 1.82) is 0 Å². The van der Waals surface area contributed by atoms with Gasteiger partial charge in [-0.3, -0.25) is 4.68 Å². The van der Waals surface area contributed by atoms with E-state index in [1.54, 1.807) is 0 Å². The molecule has 1 unspecified atom stereocenters. The van der Waals surface area contributed by atoms with Gasteiger partial charge in [0.05, 0.1) is 23.5 Å². The highest BCUT2D eigenvalue weighted by Crippen LogP contribution is 2.24. The van der Waals surface area contributed by atoms with Gasteiger partial charge in [-0.05, 0) is 51.6 Å². The largest absolute Gasteiger partial charge is 0.491 e. The molecule has 0 aliphatic carbocycles. The molecule has 0 fully saturated rings. The number of nitrogens with zero attached hydrogens (tertiary/aromatic N) is 2. The molecule has 0 spiro atoms. The van der Waals surface area contributed by atoms with Crippen LogP contribution in [0.1, 0.15) is 36.8 Å². The quantitative estimate of drug-likeness (QED) is 0.910. The third kappa shape index (κ3) is 3.20. The minimum absolute atomic E-state index is 0.134. The first-order valence-corrected chi connectivity index (χ1v) is 6.95. The van der Waals surface area contributed by atoms with Gasteiger partial charge in [0.2, 0.25) is 0 Å². The Hall–Kier alpha value is -1.81. The highest BCUT2D eigenvalue weighted by atomic mass is 16.5. The third-order valence-corrected chi connectivity index (χ3v) is 3.21. The van der Waals surface area contributed by atoms with Crippen LogP contribution in [0, 0.1) is 6.92 Å². The van der Waals surface area contributed by atoms with Gasteiger partial charge in [-0.1, -0.05) is 12.1 Å². The van der Waals surface area contributed by atoms with E-state index in [4.69, 9.17) is 4.74 Å². The lowest BCUT2D eigenvalue weighted by atomic mass is 10.0. The van der Waals surface area contributed by atoms with Gasteiger partial charge in [-0.15, -0.1) is 0 Å². The van der Waals surface area contributed by atoms with E-state index in [0.29, 0.717) is 0 Å². The number of hydrogen-bond acceptors (Lipinski definition) is 3.